The van der Waals surface area contributed by atoms with Crippen molar-refractivity contribution in [3.63, 3.8) is 0 Å². The zero-order valence-corrected chi connectivity index (χ0v) is 12.0. The molecule has 2 amide bonds. The van der Waals surface area contributed by atoms with Crippen LogP contribution in [0.4, 0.5) is 4.79 Å². The maximum atomic E-state index is 11.7. The van der Waals surface area contributed by atoms with E-state index < -0.39 is 5.97 Å². The average Bonchev–Trinajstić information content (AvgIpc) is 2.79. The number of carbonyl (C=O) groups is 2. The van der Waals surface area contributed by atoms with Crippen molar-refractivity contribution in [1.82, 2.24) is 15.6 Å². The number of rotatable bonds is 4. The Kier molecular flexibility index (Phi) is 4.73. The van der Waals surface area contributed by atoms with Gasteiger partial charge in [0.2, 0.25) is 0 Å². The molecular formula is C13H17N3O3S. The van der Waals surface area contributed by atoms with E-state index in [-0.39, 0.29) is 23.5 Å². The van der Waals surface area contributed by atoms with Gasteiger partial charge in [0.05, 0.1) is 12.2 Å². The molecule has 1 atom stereocenters. The summed E-state index contributed by atoms with van der Waals surface area (Å²) in [6.45, 7) is 1.89. The van der Waals surface area contributed by atoms with Gasteiger partial charge in [-0.2, -0.15) is 0 Å². The largest absolute Gasteiger partial charge is 0.477 e. The summed E-state index contributed by atoms with van der Waals surface area (Å²) in [5.41, 5.74) is 0.483. The van der Waals surface area contributed by atoms with Crippen molar-refractivity contribution >= 4 is 23.3 Å². The van der Waals surface area contributed by atoms with E-state index in [0.717, 1.165) is 30.6 Å². The normalized spacial score (nSPS) is 17.8. The molecule has 0 saturated carbocycles. The van der Waals surface area contributed by atoms with Crippen molar-refractivity contribution < 1.29 is 14.7 Å². The van der Waals surface area contributed by atoms with E-state index in [1.807, 2.05) is 0 Å². The summed E-state index contributed by atoms with van der Waals surface area (Å²) in [7, 11) is 0. The zero-order chi connectivity index (χ0) is 14.5. The minimum atomic E-state index is -0.982. The van der Waals surface area contributed by atoms with E-state index in [4.69, 9.17) is 5.11 Å². The first-order chi connectivity index (χ1) is 9.56. The van der Waals surface area contributed by atoms with E-state index in [0.29, 0.717) is 10.7 Å². The molecule has 0 aromatic carbocycles. The summed E-state index contributed by atoms with van der Waals surface area (Å²) in [6, 6.07) is -0.0670. The summed E-state index contributed by atoms with van der Waals surface area (Å²) in [5.74, 6) is -0.982. The molecule has 0 radical (unpaired) electrons. The van der Waals surface area contributed by atoms with Gasteiger partial charge < -0.3 is 15.7 Å². The fourth-order valence-corrected chi connectivity index (χ4v) is 2.89. The van der Waals surface area contributed by atoms with Gasteiger partial charge in [-0.05, 0) is 26.2 Å². The van der Waals surface area contributed by atoms with Crippen LogP contribution in [0.15, 0.2) is 12.2 Å². The standard InChI is InChI=1S/C13H17N3O3S/c1-8-11(12(17)18)20-10(15-8)7-14-13(19)16-9-5-3-2-4-6-9/h2-3,9H,4-7H2,1H3,(H,17,18)(H2,14,16,19). The van der Waals surface area contributed by atoms with Crippen molar-refractivity contribution in [1.29, 1.82) is 0 Å². The summed E-state index contributed by atoms with van der Waals surface area (Å²) in [4.78, 5) is 27.0. The Morgan fingerprint density at radius 1 is 1.50 bits per heavy atom. The predicted molar refractivity (Wildman–Crippen MR) is 76.0 cm³/mol. The highest BCUT2D eigenvalue weighted by molar-refractivity contribution is 7.13. The SMILES string of the molecule is Cc1nc(CNC(=O)NC2CC=CCC2)sc1C(=O)O. The van der Waals surface area contributed by atoms with Crippen molar-refractivity contribution in [2.75, 3.05) is 0 Å². The Bertz CT molecular complexity index is 539. The van der Waals surface area contributed by atoms with Crippen molar-refractivity contribution in [3.8, 4) is 0 Å². The molecule has 108 valence electrons. The highest BCUT2D eigenvalue weighted by Gasteiger charge is 2.15. The maximum absolute atomic E-state index is 11.7. The number of aryl methyl sites for hydroxylation is 1. The minimum Gasteiger partial charge on any atom is -0.477 e. The number of carboxylic acid groups (broad SMARTS) is 1. The fourth-order valence-electron chi connectivity index (χ4n) is 2.04. The third kappa shape index (κ3) is 3.80. The fraction of sp³-hybridized carbons (Fsp3) is 0.462. The van der Waals surface area contributed by atoms with Gasteiger partial charge in [-0.3, -0.25) is 0 Å². The van der Waals surface area contributed by atoms with Gasteiger partial charge in [0.1, 0.15) is 9.88 Å². The van der Waals surface area contributed by atoms with Crippen LogP contribution in [-0.2, 0) is 6.54 Å². The van der Waals surface area contributed by atoms with Crippen LogP contribution in [0, 0.1) is 6.92 Å². The van der Waals surface area contributed by atoms with Crippen LogP contribution < -0.4 is 10.6 Å². The quantitative estimate of drug-likeness (QED) is 0.741. The second-order valence-electron chi connectivity index (χ2n) is 4.64. The Balaban J connectivity index is 1.82. The summed E-state index contributed by atoms with van der Waals surface area (Å²) >= 11 is 1.09. The molecule has 3 N–H and O–H groups in total. The molecule has 20 heavy (non-hydrogen) atoms. The van der Waals surface area contributed by atoms with E-state index in [1.165, 1.54) is 0 Å². The molecular weight excluding hydrogens is 278 g/mol. The number of allylic oxidation sites excluding steroid dienone is 1. The van der Waals surface area contributed by atoms with Gasteiger partial charge in [0.15, 0.2) is 0 Å². The molecule has 0 fully saturated rings. The number of urea groups is 1. The van der Waals surface area contributed by atoms with Crippen LogP contribution in [0.5, 0.6) is 0 Å². The molecule has 1 aliphatic carbocycles. The van der Waals surface area contributed by atoms with Crippen molar-refractivity contribution in [2.24, 2.45) is 0 Å². The number of amides is 2. The molecule has 1 aromatic rings. The van der Waals surface area contributed by atoms with E-state index >= 15 is 0 Å². The average molecular weight is 295 g/mol. The molecule has 1 aliphatic rings. The van der Waals surface area contributed by atoms with Crippen LogP contribution in [-0.4, -0.2) is 28.1 Å². The highest BCUT2D eigenvalue weighted by Crippen LogP contribution is 2.17. The lowest BCUT2D eigenvalue weighted by Gasteiger charge is -2.19. The second-order valence-corrected chi connectivity index (χ2v) is 5.72. The lowest BCUT2D eigenvalue weighted by molar-refractivity contribution is 0.0701. The van der Waals surface area contributed by atoms with Crippen LogP contribution in [0.25, 0.3) is 0 Å². The molecule has 0 saturated heterocycles. The van der Waals surface area contributed by atoms with Gasteiger partial charge >= 0.3 is 12.0 Å². The molecule has 7 heteroatoms. The molecule has 6 nitrogen and oxygen atoms in total. The molecule has 0 bridgehead atoms. The number of aromatic carboxylic acids is 1. The Morgan fingerprint density at radius 2 is 2.30 bits per heavy atom. The number of nitrogens with zero attached hydrogens (tertiary/aromatic N) is 1. The monoisotopic (exact) mass is 295 g/mol. The van der Waals surface area contributed by atoms with Crippen LogP contribution in [0.2, 0.25) is 0 Å². The lowest BCUT2D eigenvalue weighted by atomic mass is 10.0. The lowest BCUT2D eigenvalue weighted by Crippen LogP contribution is -2.42. The molecule has 1 unspecified atom stereocenters. The first-order valence-corrected chi connectivity index (χ1v) is 7.27. The Morgan fingerprint density at radius 3 is 2.90 bits per heavy atom. The van der Waals surface area contributed by atoms with E-state index in [9.17, 15) is 9.59 Å². The van der Waals surface area contributed by atoms with Gasteiger partial charge in [0.25, 0.3) is 0 Å². The van der Waals surface area contributed by atoms with Crippen LogP contribution >= 0.6 is 11.3 Å². The van der Waals surface area contributed by atoms with E-state index in [1.54, 1.807) is 6.92 Å². The van der Waals surface area contributed by atoms with Gasteiger partial charge in [-0.1, -0.05) is 12.2 Å². The zero-order valence-electron chi connectivity index (χ0n) is 11.2. The third-order valence-corrected chi connectivity index (χ3v) is 4.18. The van der Waals surface area contributed by atoms with Crippen LogP contribution in [0.3, 0.4) is 0 Å². The number of carboxylic acids is 1. The summed E-state index contributed by atoms with van der Waals surface area (Å²) in [5, 5.41) is 15.1. The first kappa shape index (κ1) is 14.5. The third-order valence-electron chi connectivity index (χ3n) is 3.04. The minimum absolute atomic E-state index is 0.174. The molecule has 0 spiro atoms. The molecule has 0 aliphatic heterocycles. The second kappa shape index (κ2) is 6.51. The number of carbonyl (C=O) groups excluding carboxylic acids is 1. The summed E-state index contributed by atoms with van der Waals surface area (Å²) in [6.07, 6.45) is 6.97. The first-order valence-electron chi connectivity index (χ1n) is 6.45. The Hall–Kier alpha value is -1.89. The molecule has 1 heterocycles. The van der Waals surface area contributed by atoms with Gasteiger partial charge in [0, 0.05) is 6.04 Å². The van der Waals surface area contributed by atoms with E-state index in [2.05, 4.69) is 27.8 Å². The topological polar surface area (TPSA) is 91.3 Å². The Labute approximate surface area is 120 Å². The number of aromatic nitrogens is 1. The summed E-state index contributed by atoms with van der Waals surface area (Å²) < 4.78 is 0. The highest BCUT2D eigenvalue weighted by atomic mass is 32.1. The van der Waals surface area contributed by atoms with Crippen LogP contribution in [0.1, 0.15) is 39.6 Å². The smallest absolute Gasteiger partial charge is 0.347 e. The van der Waals surface area contributed by atoms with Gasteiger partial charge in [-0.15, -0.1) is 11.3 Å². The molecule has 2 rings (SSSR count). The number of thiazole rings is 1. The maximum Gasteiger partial charge on any atom is 0.347 e. The number of nitrogens with one attached hydrogen (secondary N) is 2. The molecule has 1 aromatic heterocycles. The number of hydrogen-bond donors (Lipinski definition) is 3. The number of hydrogen-bond acceptors (Lipinski definition) is 4. The van der Waals surface area contributed by atoms with Crippen molar-refractivity contribution in [3.05, 3.63) is 27.7 Å². The van der Waals surface area contributed by atoms with Gasteiger partial charge in [-0.25, -0.2) is 14.6 Å². The van der Waals surface area contributed by atoms with Crippen molar-refractivity contribution in [2.45, 2.75) is 38.8 Å². The predicted octanol–water partition coefficient (Wildman–Crippen LogP) is 2.06.